The highest BCUT2D eigenvalue weighted by Crippen LogP contribution is 2.28. The zero-order chi connectivity index (χ0) is 13.1. The van der Waals surface area contributed by atoms with Crippen LogP contribution in [-0.2, 0) is 0 Å². The van der Waals surface area contributed by atoms with Crippen molar-refractivity contribution in [2.24, 2.45) is 0 Å². The van der Waals surface area contributed by atoms with Crippen LogP contribution in [0.4, 0.5) is 0 Å². The Labute approximate surface area is 117 Å². The molecule has 0 spiro atoms. The van der Waals surface area contributed by atoms with Crippen molar-refractivity contribution in [3.05, 3.63) is 29.3 Å². The predicted octanol–water partition coefficient (Wildman–Crippen LogP) is 2.86. The maximum atomic E-state index is 9.68. The number of aliphatic hydroxyl groups excluding tert-OH is 1. The first kappa shape index (κ1) is 13.0. The summed E-state index contributed by atoms with van der Waals surface area (Å²) < 4.78 is 1.22. The molecule has 3 rings (SSSR count). The van der Waals surface area contributed by atoms with Crippen LogP contribution < -0.4 is 0 Å². The van der Waals surface area contributed by atoms with Gasteiger partial charge in [0, 0.05) is 12.5 Å². The summed E-state index contributed by atoms with van der Waals surface area (Å²) in [4.78, 5) is 7.15. The van der Waals surface area contributed by atoms with Crippen molar-refractivity contribution in [1.29, 1.82) is 0 Å². The Hall–Kier alpha value is -0.970. The lowest BCUT2D eigenvalue weighted by molar-refractivity contribution is 0.178. The van der Waals surface area contributed by atoms with Gasteiger partial charge in [0.2, 0.25) is 0 Å². The quantitative estimate of drug-likeness (QED) is 0.933. The SMILES string of the molecule is OCC(CN1CCCCC1)c1nc2ccccc2s1. The van der Waals surface area contributed by atoms with Gasteiger partial charge < -0.3 is 10.0 Å². The third-order valence-corrected chi connectivity index (χ3v) is 5.01. The first-order valence-corrected chi connectivity index (χ1v) is 7.87. The van der Waals surface area contributed by atoms with Gasteiger partial charge in [-0.2, -0.15) is 0 Å². The molecule has 102 valence electrons. The van der Waals surface area contributed by atoms with E-state index in [0.717, 1.165) is 17.1 Å². The molecule has 1 atom stereocenters. The predicted molar refractivity (Wildman–Crippen MR) is 79.7 cm³/mol. The fourth-order valence-electron chi connectivity index (χ4n) is 2.73. The monoisotopic (exact) mass is 276 g/mol. The maximum absolute atomic E-state index is 9.68. The van der Waals surface area contributed by atoms with E-state index < -0.39 is 0 Å². The summed E-state index contributed by atoms with van der Waals surface area (Å²) in [6, 6.07) is 8.21. The lowest BCUT2D eigenvalue weighted by Gasteiger charge is -2.29. The number of aliphatic hydroxyl groups is 1. The molecule has 0 saturated carbocycles. The summed E-state index contributed by atoms with van der Waals surface area (Å²) in [7, 11) is 0. The molecule has 19 heavy (non-hydrogen) atoms. The highest BCUT2D eigenvalue weighted by Gasteiger charge is 2.20. The van der Waals surface area contributed by atoms with Crippen molar-refractivity contribution in [1.82, 2.24) is 9.88 Å². The molecular weight excluding hydrogens is 256 g/mol. The van der Waals surface area contributed by atoms with Crippen LogP contribution in [0.15, 0.2) is 24.3 Å². The first-order chi connectivity index (χ1) is 9.36. The number of piperidine rings is 1. The highest BCUT2D eigenvalue weighted by molar-refractivity contribution is 7.18. The van der Waals surface area contributed by atoms with Crippen molar-refractivity contribution in [3.8, 4) is 0 Å². The zero-order valence-corrected chi connectivity index (χ0v) is 11.9. The Bertz CT molecular complexity index is 501. The van der Waals surface area contributed by atoms with Gasteiger partial charge in [-0.3, -0.25) is 0 Å². The van der Waals surface area contributed by atoms with Crippen molar-refractivity contribution < 1.29 is 5.11 Å². The lowest BCUT2D eigenvalue weighted by Crippen LogP contribution is -2.34. The van der Waals surface area contributed by atoms with Gasteiger partial charge in [-0.15, -0.1) is 11.3 Å². The number of likely N-dealkylation sites (tertiary alicyclic amines) is 1. The van der Waals surface area contributed by atoms with Crippen LogP contribution >= 0.6 is 11.3 Å². The molecule has 1 saturated heterocycles. The van der Waals surface area contributed by atoms with Crippen molar-refractivity contribution in [3.63, 3.8) is 0 Å². The summed E-state index contributed by atoms with van der Waals surface area (Å²) in [5.74, 6) is 0.162. The Kier molecular flexibility index (Phi) is 4.11. The molecule has 1 aromatic carbocycles. The molecule has 3 nitrogen and oxygen atoms in total. The molecule has 1 N–H and O–H groups in total. The second-order valence-electron chi connectivity index (χ2n) is 5.26. The van der Waals surface area contributed by atoms with Gasteiger partial charge >= 0.3 is 0 Å². The number of benzene rings is 1. The number of para-hydroxylation sites is 1. The number of aromatic nitrogens is 1. The van der Waals surface area contributed by atoms with Gasteiger partial charge in [0.05, 0.1) is 16.8 Å². The maximum Gasteiger partial charge on any atom is 0.100 e. The van der Waals surface area contributed by atoms with Crippen molar-refractivity contribution in [2.75, 3.05) is 26.2 Å². The molecule has 2 heterocycles. The van der Waals surface area contributed by atoms with E-state index in [1.807, 2.05) is 18.2 Å². The van der Waals surface area contributed by atoms with Gasteiger partial charge in [-0.25, -0.2) is 4.98 Å². The van der Waals surface area contributed by atoms with Crippen molar-refractivity contribution in [2.45, 2.75) is 25.2 Å². The van der Waals surface area contributed by atoms with Crippen molar-refractivity contribution >= 4 is 21.6 Å². The Balaban J connectivity index is 1.76. The largest absolute Gasteiger partial charge is 0.396 e. The number of hydrogen-bond donors (Lipinski definition) is 1. The fourth-order valence-corrected chi connectivity index (χ4v) is 3.78. The third-order valence-electron chi connectivity index (χ3n) is 3.81. The molecular formula is C15H20N2OS. The topological polar surface area (TPSA) is 36.4 Å². The second kappa shape index (κ2) is 5.99. The average Bonchev–Trinajstić information content (AvgIpc) is 2.89. The minimum atomic E-state index is 0.162. The molecule has 1 aliphatic heterocycles. The second-order valence-corrected chi connectivity index (χ2v) is 6.32. The molecule has 0 aliphatic carbocycles. The van der Waals surface area contributed by atoms with Crippen LogP contribution in [0.2, 0.25) is 0 Å². The molecule has 4 heteroatoms. The molecule has 1 unspecified atom stereocenters. The van der Waals surface area contributed by atoms with Crippen LogP contribution in [-0.4, -0.2) is 41.2 Å². The molecule has 0 radical (unpaired) electrons. The summed E-state index contributed by atoms with van der Waals surface area (Å²) in [5.41, 5.74) is 1.06. The average molecular weight is 276 g/mol. The molecule has 1 aliphatic rings. The summed E-state index contributed by atoms with van der Waals surface area (Å²) in [5, 5.41) is 10.8. The van der Waals surface area contributed by atoms with Crippen LogP contribution in [0, 0.1) is 0 Å². The van der Waals surface area contributed by atoms with Crippen LogP contribution in [0.25, 0.3) is 10.2 Å². The Morgan fingerprint density at radius 3 is 2.74 bits per heavy atom. The molecule has 0 amide bonds. The zero-order valence-electron chi connectivity index (χ0n) is 11.1. The first-order valence-electron chi connectivity index (χ1n) is 7.05. The van der Waals surface area contributed by atoms with E-state index in [1.165, 1.54) is 37.1 Å². The Morgan fingerprint density at radius 2 is 2.00 bits per heavy atom. The normalized spacial score (nSPS) is 18.8. The minimum absolute atomic E-state index is 0.162. The van der Waals surface area contributed by atoms with Crippen LogP contribution in [0.3, 0.4) is 0 Å². The van der Waals surface area contributed by atoms with Gasteiger partial charge in [0.1, 0.15) is 5.01 Å². The third kappa shape index (κ3) is 2.96. The molecule has 1 fully saturated rings. The Morgan fingerprint density at radius 1 is 1.21 bits per heavy atom. The number of fused-ring (bicyclic) bond motifs is 1. The molecule has 1 aromatic heterocycles. The van der Waals surface area contributed by atoms with Gasteiger partial charge in [0.25, 0.3) is 0 Å². The van der Waals surface area contributed by atoms with E-state index >= 15 is 0 Å². The van der Waals surface area contributed by atoms with Crippen LogP contribution in [0.1, 0.15) is 30.2 Å². The number of thiazole rings is 1. The van der Waals surface area contributed by atoms with Gasteiger partial charge in [-0.05, 0) is 38.1 Å². The number of hydrogen-bond acceptors (Lipinski definition) is 4. The molecule has 2 aromatic rings. The number of rotatable bonds is 4. The summed E-state index contributed by atoms with van der Waals surface area (Å²) >= 11 is 1.72. The molecule has 0 bridgehead atoms. The van der Waals surface area contributed by atoms with E-state index in [1.54, 1.807) is 11.3 Å². The smallest absolute Gasteiger partial charge is 0.100 e. The fraction of sp³-hybridized carbons (Fsp3) is 0.533. The summed E-state index contributed by atoms with van der Waals surface area (Å²) in [6.45, 7) is 3.47. The van der Waals surface area contributed by atoms with E-state index in [2.05, 4.69) is 16.0 Å². The minimum Gasteiger partial charge on any atom is -0.396 e. The van der Waals surface area contributed by atoms with E-state index in [-0.39, 0.29) is 12.5 Å². The standard InChI is InChI=1S/C15H20N2OS/c18-11-12(10-17-8-4-1-5-9-17)15-16-13-6-2-3-7-14(13)19-15/h2-3,6-7,12,18H,1,4-5,8-11H2. The van der Waals surface area contributed by atoms with E-state index in [0.29, 0.717) is 0 Å². The number of nitrogens with zero attached hydrogens (tertiary/aromatic N) is 2. The van der Waals surface area contributed by atoms with E-state index in [9.17, 15) is 5.11 Å². The summed E-state index contributed by atoms with van der Waals surface area (Å²) in [6.07, 6.45) is 3.93. The van der Waals surface area contributed by atoms with E-state index in [4.69, 9.17) is 0 Å². The highest BCUT2D eigenvalue weighted by atomic mass is 32.1. The van der Waals surface area contributed by atoms with Gasteiger partial charge in [0.15, 0.2) is 0 Å². The van der Waals surface area contributed by atoms with Gasteiger partial charge in [-0.1, -0.05) is 18.6 Å². The van der Waals surface area contributed by atoms with Crippen LogP contribution in [0.5, 0.6) is 0 Å². The lowest BCUT2D eigenvalue weighted by atomic mass is 10.1.